The largest absolute Gasteiger partial charge is 0.352 e. The first-order valence-corrected chi connectivity index (χ1v) is 12.2. The minimum absolute atomic E-state index is 0.147. The lowest BCUT2D eigenvalue weighted by Gasteiger charge is -2.36. The summed E-state index contributed by atoms with van der Waals surface area (Å²) in [5.41, 5.74) is 2.12. The van der Waals surface area contributed by atoms with E-state index in [1.54, 1.807) is 17.0 Å². The molecule has 8 heteroatoms. The van der Waals surface area contributed by atoms with Gasteiger partial charge in [-0.2, -0.15) is 5.10 Å². The maximum atomic E-state index is 13.6. The van der Waals surface area contributed by atoms with Crippen molar-refractivity contribution in [2.24, 2.45) is 0 Å². The summed E-state index contributed by atoms with van der Waals surface area (Å²) >= 11 is 0. The molecule has 1 aliphatic heterocycles. The van der Waals surface area contributed by atoms with Gasteiger partial charge in [0.05, 0.1) is 17.3 Å². The molecule has 0 N–H and O–H groups in total. The van der Waals surface area contributed by atoms with Crippen molar-refractivity contribution in [2.75, 3.05) is 31.1 Å². The minimum atomic E-state index is -0.401. The highest BCUT2D eigenvalue weighted by atomic mass is 19.1. The van der Waals surface area contributed by atoms with Crippen LogP contribution in [0.25, 0.3) is 16.7 Å². The van der Waals surface area contributed by atoms with E-state index in [9.17, 15) is 9.18 Å². The molecule has 7 nitrogen and oxygen atoms in total. The molecule has 0 spiro atoms. The van der Waals surface area contributed by atoms with Gasteiger partial charge >= 0.3 is 0 Å². The third-order valence-corrected chi connectivity index (χ3v) is 6.53. The molecule has 2 aromatic carbocycles. The fourth-order valence-electron chi connectivity index (χ4n) is 4.62. The van der Waals surface area contributed by atoms with Crippen LogP contribution in [0.15, 0.2) is 60.8 Å². The van der Waals surface area contributed by atoms with E-state index in [1.165, 1.54) is 12.1 Å². The highest BCUT2D eigenvalue weighted by molar-refractivity contribution is 5.94. The Labute approximate surface area is 204 Å². The van der Waals surface area contributed by atoms with Crippen LogP contribution in [0.1, 0.15) is 48.8 Å². The maximum absolute atomic E-state index is 13.6. The number of rotatable bonds is 6. The van der Waals surface area contributed by atoms with Crippen LogP contribution in [0, 0.1) is 5.82 Å². The normalized spacial score (nSPS) is 14.9. The monoisotopic (exact) mass is 472 g/mol. The highest BCUT2D eigenvalue weighted by Crippen LogP contribution is 2.30. The standard InChI is InChI=1S/C27H29FN6O/c1-3-8-19(2)24-30-25(23-18-29-34(26(23)31-24)22-11-5-4-6-12-22)32-13-15-33(16-14-32)27(35)20-9-7-10-21(28)17-20/h4-7,9-12,17-19H,3,8,13-16H2,1-2H3/t19-/m0/s1. The van der Waals surface area contributed by atoms with Gasteiger partial charge in [-0.25, -0.2) is 19.0 Å². The van der Waals surface area contributed by atoms with E-state index in [0.29, 0.717) is 31.7 Å². The predicted octanol–water partition coefficient (Wildman–Crippen LogP) is 4.82. The van der Waals surface area contributed by atoms with Crippen LogP contribution in [-0.2, 0) is 0 Å². The van der Waals surface area contributed by atoms with Gasteiger partial charge in [-0.1, -0.05) is 44.5 Å². The van der Waals surface area contributed by atoms with Gasteiger partial charge in [0, 0.05) is 37.7 Å². The summed E-state index contributed by atoms with van der Waals surface area (Å²) in [6, 6.07) is 15.9. The van der Waals surface area contributed by atoms with Crippen LogP contribution in [-0.4, -0.2) is 56.7 Å². The van der Waals surface area contributed by atoms with Crippen molar-refractivity contribution in [3.63, 3.8) is 0 Å². The molecule has 1 atom stereocenters. The van der Waals surface area contributed by atoms with Crippen LogP contribution in [0.4, 0.5) is 10.2 Å². The molecular weight excluding hydrogens is 443 g/mol. The van der Waals surface area contributed by atoms with Gasteiger partial charge in [-0.15, -0.1) is 0 Å². The Morgan fingerprint density at radius 1 is 1.03 bits per heavy atom. The second kappa shape index (κ2) is 9.82. The fraction of sp³-hybridized carbons (Fsp3) is 0.333. The zero-order valence-electron chi connectivity index (χ0n) is 20.1. The van der Waals surface area contributed by atoms with Crippen molar-refractivity contribution in [2.45, 2.75) is 32.6 Å². The Balaban J connectivity index is 1.46. The number of carbonyl (C=O) groups excluding carboxylic acids is 1. The van der Waals surface area contributed by atoms with Gasteiger partial charge in [0.2, 0.25) is 0 Å². The summed E-state index contributed by atoms with van der Waals surface area (Å²) < 4.78 is 15.5. The fourth-order valence-corrected chi connectivity index (χ4v) is 4.62. The highest BCUT2D eigenvalue weighted by Gasteiger charge is 2.26. The number of para-hydroxylation sites is 1. The smallest absolute Gasteiger partial charge is 0.254 e. The van der Waals surface area contributed by atoms with E-state index in [0.717, 1.165) is 41.2 Å². The lowest BCUT2D eigenvalue weighted by molar-refractivity contribution is 0.0746. The molecule has 0 saturated carbocycles. The van der Waals surface area contributed by atoms with Crippen LogP contribution in [0.5, 0.6) is 0 Å². The average Bonchev–Trinajstić information content (AvgIpc) is 3.32. The number of amides is 1. The number of carbonyl (C=O) groups is 1. The number of hydrogen-bond donors (Lipinski definition) is 0. The quantitative estimate of drug-likeness (QED) is 0.403. The molecular formula is C27H29FN6O. The van der Waals surface area contributed by atoms with Gasteiger partial charge < -0.3 is 9.80 Å². The zero-order chi connectivity index (χ0) is 24.4. The molecule has 0 aliphatic carbocycles. The topological polar surface area (TPSA) is 67.2 Å². The molecule has 3 heterocycles. The molecule has 0 unspecified atom stereocenters. The summed E-state index contributed by atoms with van der Waals surface area (Å²) in [6.07, 6.45) is 3.88. The molecule has 0 radical (unpaired) electrons. The molecule has 2 aromatic heterocycles. The summed E-state index contributed by atoms with van der Waals surface area (Å²) in [6.45, 7) is 6.66. The van der Waals surface area contributed by atoms with Crippen molar-refractivity contribution in [3.05, 3.63) is 78.0 Å². The van der Waals surface area contributed by atoms with Crippen molar-refractivity contribution in [1.82, 2.24) is 24.6 Å². The molecule has 1 fully saturated rings. The molecule has 35 heavy (non-hydrogen) atoms. The Kier molecular flexibility index (Phi) is 6.44. The zero-order valence-corrected chi connectivity index (χ0v) is 20.1. The number of anilines is 1. The van der Waals surface area contributed by atoms with Gasteiger partial charge in [0.1, 0.15) is 17.5 Å². The van der Waals surface area contributed by atoms with E-state index >= 15 is 0 Å². The number of hydrogen-bond acceptors (Lipinski definition) is 5. The van der Waals surface area contributed by atoms with Crippen molar-refractivity contribution in [1.29, 1.82) is 0 Å². The van der Waals surface area contributed by atoms with Gasteiger partial charge in [0.25, 0.3) is 5.91 Å². The summed E-state index contributed by atoms with van der Waals surface area (Å²) in [4.78, 5) is 26.8. The molecule has 1 aliphatic rings. The Morgan fingerprint density at radius 3 is 2.51 bits per heavy atom. The molecule has 1 saturated heterocycles. The van der Waals surface area contributed by atoms with Crippen LogP contribution < -0.4 is 4.90 Å². The SMILES string of the molecule is CCC[C@H](C)c1nc(N2CCN(C(=O)c3cccc(F)c3)CC2)c2cnn(-c3ccccc3)c2n1. The third-order valence-electron chi connectivity index (χ3n) is 6.53. The number of piperazine rings is 1. The van der Waals surface area contributed by atoms with Crippen molar-refractivity contribution < 1.29 is 9.18 Å². The van der Waals surface area contributed by atoms with Gasteiger partial charge in [0.15, 0.2) is 5.65 Å². The van der Waals surface area contributed by atoms with E-state index in [4.69, 9.17) is 9.97 Å². The number of benzene rings is 2. The lowest BCUT2D eigenvalue weighted by Crippen LogP contribution is -2.49. The first-order valence-electron chi connectivity index (χ1n) is 12.2. The van der Waals surface area contributed by atoms with Gasteiger partial charge in [-0.3, -0.25) is 4.79 Å². The summed E-state index contributed by atoms with van der Waals surface area (Å²) in [7, 11) is 0. The first-order chi connectivity index (χ1) is 17.0. The number of aromatic nitrogens is 4. The van der Waals surface area contributed by atoms with E-state index in [2.05, 4.69) is 23.8 Å². The lowest BCUT2D eigenvalue weighted by atomic mass is 10.1. The summed E-state index contributed by atoms with van der Waals surface area (Å²) in [5, 5.41) is 5.54. The molecule has 5 rings (SSSR count). The summed E-state index contributed by atoms with van der Waals surface area (Å²) in [5.74, 6) is 1.34. The maximum Gasteiger partial charge on any atom is 0.254 e. The second-order valence-electron chi connectivity index (χ2n) is 9.01. The third kappa shape index (κ3) is 4.60. The van der Waals surface area contributed by atoms with Gasteiger partial charge in [-0.05, 0) is 36.8 Å². The Hall–Kier alpha value is -3.81. The molecule has 4 aromatic rings. The number of halogens is 1. The molecule has 1 amide bonds. The average molecular weight is 473 g/mol. The Morgan fingerprint density at radius 2 is 1.80 bits per heavy atom. The molecule has 180 valence electrons. The van der Waals surface area contributed by atoms with Crippen LogP contribution in [0.2, 0.25) is 0 Å². The minimum Gasteiger partial charge on any atom is -0.352 e. The Bertz CT molecular complexity index is 1330. The van der Waals surface area contributed by atoms with Crippen molar-refractivity contribution >= 4 is 22.8 Å². The molecule has 0 bridgehead atoms. The van der Waals surface area contributed by atoms with Crippen LogP contribution >= 0.6 is 0 Å². The number of fused-ring (bicyclic) bond motifs is 1. The number of nitrogens with zero attached hydrogens (tertiary/aromatic N) is 6. The van der Waals surface area contributed by atoms with Crippen molar-refractivity contribution in [3.8, 4) is 5.69 Å². The van der Waals surface area contributed by atoms with E-state index in [-0.39, 0.29) is 11.8 Å². The van der Waals surface area contributed by atoms with Crippen LogP contribution in [0.3, 0.4) is 0 Å². The first kappa shape index (κ1) is 23.0. The second-order valence-corrected chi connectivity index (χ2v) is 9.01. The van der Waals surface area contributed by atoms with E-state index < -0.39 is 5.82 Å². The van der Waals surface area contributed by atoms with E-state index in [1.807, 2.05) is 41.2 Å². The predicted molar refractivity (Wildman–Crippen MR) is 134 cm³/mol.